The van der Waals surface area contributed by atoms with Gasteiger partial charge < -0.3 is 41.9 Å². The van der Waals surface area contributed by atoms with Crippen LogP contribution in [0.25, 0.3) is 0 Å². The average molecular weight is 221 g/mol. The largest absolute Gasteiger partial charge is 1.00 e. The van der Waals surface area contributed by atoms with E-state index in [2.05, 4.69) is 37.1 Å². The molecule has 0 fully saturated rings. The quantitative estimate of drug-likeness (QED) is 0.249. The Morgan fingerprint density at radius 3 is 2.19 bits per heavy atom. The number of nitrogens with one attached hydrogen (secondary N) is 2. The van der Waals surface area contributed by atoms with Gasteiger partial charge in [-0.2, -0.15) is 12.8 Å². The molecule has 5 heteroatoms. The van der Waals surface area contributed by atoms with Gasteiger partial charge in [-0.25, -0.2) is 0 Å². The van der Waals surface area contributed by atoms with Crippen LogP contribution in [-0.4, -0.2) is 32.1 Å². The van der Waals surface area contributed by atoms with E-state index in [1.807, 2.05) is 7.05 Å². The van der Waals surface area contributed by atoms with Crippen molar-refractivity contribution in [1.29, 1.82) is 0 Å². The molecule has 1 unspecified atom stereocenters. The van der Waals surface area contributed by atoms with Crippen molar-refractivity contribution >= 4 is 5.91 Å². The van der Waals surface area contributed by atoms with Crippen LogP contribution in [0.2, 0.25) is 0 Å². The van der Waals surface area contributed by atoms with Crippen molar-refractivity contribution in [1.82, 2.24) is 10.6 Å². The fourth-order valence-electron chi connectivity index (χ4n) is 0.996. The molecule has 0 rings (SSSR count). The molecular weight excluding hydrogens is 197 g/mol. The Morgan fingerprint density at radius 2 is 1.88 bits per heavy atom. The van der Waals surface area contributed by atoms with Crippen molar-refractivity contribution in [2.24, 2.45) is 5.73 Å². The molecule has 0 aliphatic carbocycles. The molecule has 0 aromatic rings. The standard InChI is InChI=1S/C9H20N2.C2H4NO.Li/c1-4-6-9(5-2)11-8-7-10-3;1-2(3)4;/h9-11H,1-2,4-8H2,3H3;1H2,(H2,3,4);/q-2;-1;+1. The fourth-order valence-corrected chi connectivity index (χ4v) is 0.996. The Hall–Kier alpha value is -0.143. The van der Waals surface area contributed by atoms with Crippen LogP contribution in [0.5, 0.6) is 0 Å². The molecule has 0 aromatic heterocycles. The van der Waals surface area contributed by atoms with Crippen LogP contribution in [0.4, 0.5) is 0 Å². The maximum atomic E-state index is 9.11. The second-order valence-electron chi connectivity index (χ2n) is 3.15. The summed E-state index contributed by atoms with van der Waals surface area (Å²) in [5.74, 6) is -0.583. The first-order chi connectivity index (χ1) is 7.08. The molecule has 0 saturated heterocycles. The van der Waals surface area contributed by atoms with Crippen LogP contribution < -0.4 is 35.2 Å². The second-order valence-corrected chi connectivity index (χ2v) is 3.15. The molecule has 0 saturated carbocycles. The summed E-state index contributed by atoms with van der Waals surface area (Å²) in [6, 6.07) is 0.556. The zero-order chi connectivity index (χ0) is 12.1. The summed E-state index contributed by atoms with van der Waals surface area (Å²) in [6.45, 7) is 12.5. The number of likely N-dealkylation sites (N-methyl/N-ethyl adjacent to an activating group) is 1. The molecule has 0 spiro atoms. The maximum Gasteiger partial charge on any atom is 1.00 e. The second kappa shape index (κ2) is 17.3. The van der Waals surface area contributed by atoms with Gasteiger partial charge in [0, 0.05) is 13.1 Å². The number of carbonyl (C=O) groups is 1. The molecule has 0 heterocycles. The molecule has 0 aromatic carbocycles. The third kappa shape index (κ3) is 23.6. The normalized spacial score (nSPS) is 10.7. The van der Waals surface area contributed by atoms with E-state index < -0.39 is 5.91 Å². The Labute approximate surface area is 112 Å². The van der Waals surface area contributed by atoms with E-state index in [0.29, 0.717) is 6.04 Å². The van der Waals surface area contributed by atoms with Crippen LogP contribution in [0.15, 0.2) is 0 Å². The predicted molar refractivity (Wildman–Crippen MR) is 64.8 cm³/mol. The van der Waals surface area contributed by atoms with Gasteiger partial charge in [-0.3, -0.25) is 0 Å². The molecule has 0 aliphatic rings. The van der Waals surface area contributed by atoms with Gasteiger partial charge in [0.2, 0.25) is 0 Å². The molecule has 0 radical (unpaired) electrons. The number of carbonyl (C=O) groups excluding carboxylic acids is 1. The van der Waals surface area contributed by atoms with Crippen molar-refractivity contribution in [3.8, 4) is 0 Å². The van der Waals surface area contributed by atoms with Gasteiger partial charge in [0.15, 0.2) is 0 Å². The summed E-state index contributed by atoms with van der Waals surface area (Å²) in [6.07, 6.45) is 3.08. The number of nitrogens with two attached hydrogens (primary N) is 1. The van der Waals surface area contributed by atoms with Gasteiger partial charge in [0.05, 0.1) is 5.91 Å². The number of hydrogen-bond acceptors (Lipinski definition) is 3. The number of hydrogen-bond donors (Lipinski definition) is 3. The van der Waals surface area contributed by atoms with Crippen molar-refractivity contribution in [2.75, 3.05) is 20.1 Å². The van der Waals surface area contributed by atoms with E-state index in [0.717, 1.165) is 32.4 Å². The summed E-state index contributed by atoms with van der Waals surface area (Å²) >= 11 is 0. The van der Waals surface area contributed by atoms with Crippen molar-refractivity contribution in [2.45, 2.75) is 25.3 Å². The first kappa shape index (κ1) is 21.2. The summed E-state index contributed by atoms with van der Waals surface area (Å²) in [5.41, 5.74) is 4.36. The smallest absolute Gasteiger partial charge is 0.395 e. The molecular formula is C11H24LiN3O-2. The number of rotatable bonds is 7. The van der Waals surface area contributed by atoms with E-state index in [1.54, 1.807) is 0 Å². The first-order valence-electron chi connectivity index (χ1n) is 5.16. The van der Waals surface area contributed by atoms with Crippen LogP contribution in [-0.2, 0) is 4.79 Å². The summed E-state index contributed by atoms with van der Waals surface area (Å²) < 4.78 is 0. The minimum Gasteiger partial charge on any atom is -0.395 e. The zero-order valence-corrected chi connectivity index (χ0v) is 10.7. The average Bonchev–Trinajstić information content (AvgIpc) is 2.16. The molecule has 1 atom stereocenters. The molecule has 1 amide bonds. The van der Waals surface area contributed by atoms with Gasteiger partial charge in [0.25, 0.3) is 0 Å². The fraction of sp³-hybridized carbons (Fsp3) is 0.636. The molecule has 4 nitrogen and oxygen atoms in total. The van der Waals surface area contributed by atoms with Gasteiger partial charge >= 0.3 is 18.9 Å². The SMILES string of the molecule is [CH2-]C(N)=O.[CH2-]CCC(C[CH2-])NCCNC.[Li+]. The maximum absolute atomic E-state index is 9.11. The molecule has 4 N–H and O–H groups in total. The Balaban J connectivity index is -0.000000292. The van der Waals surface area contributed by atoms with Crippen LogP contribution in [0.1, 0.15) is 19.3 Å². The van der Waals surface area contributed by atoms with Crippen LogP contribution in [0, 0.1) is 20.8 Å². The van der Waals surface area contributed by atoms with Crippen molar-refractivity contribution in [3.05, 3.63) is 20.8 Å². The zero-order valence-electron chi connectivity index (χ0n) is 10.7. The monoisotopic (exact) mass is 221 g/mol. The van der Waals surface area contributed by atoms with E-state index in [-0.39, 0.29) is 18.9 Å². The molecule has 16 heavy (non-hydrogen) atoms. The van der Waals surface area contributed by atoms with Gasteiger partial charge in [-0.1, -0.05) is 6.42 Å². The number of primary amides is 1. The third-order valence-electron chi connectivity index (χ3n) is 1.71. The van der Waals surface area contributed by atoms with Crippen molar-refractivity contribution < 1.29 is 23.7 Å². The topological polar surface area (TPSA) is 67.2 Å². The van der Waals surface area contributed by atoms with E-state index >= 15 is 0 Å². The Kier molecular flexibility index (Phi) is 22.8. The van der Waals surface area contributed by atoms with Gasteiger partial charge in [-0.05, 0) is 13.1 Å². The van der Waals surface area contributed by atoms with Crippen LogP contribution >= 0.6 is 0 Å². The Morgan fingerprint density at radius 1 is 1.38 bits per heavy atom. The van der Waals surface area contributed by atoms with E-state index in [1.165, 1.54) is 0 Å². The summed E-state index contributed by atoms with van der Waals surface area (Å²) in [4.78, 5) is 9.11. The molecule has 0 aliphatic heterocycles. The van der Waals surface area contributed by atoms with Gasteiger partial charge in [0.1, 0.15) is 0 Å². The predicted octanol–water partition coefficient (Wildman–Crippen LogP) is -2.69. The minimum absolute atomic E-state index is 0. The summed E-state index contributed by atoms with van der Waals surface area (Å²) in [7, 11) is 1.96. The van der Waals surface area contributed by atoms with Crippen LogP contribution in [0.3, 0.4) is 0 Å². The molecule has 92 valence electrons. The minimum atomic E-state index is -0.583. The van der Waals surface area contributed by atoms with Gasteiger partial charge in [-0.15, -0.1) is 0 Å². The Bertz CT molecular complexity index is 141. The number of amides is 1. The van der Waals surface area contributed by atoms with E-state index in [9.17, 15) is 0 Å². The third-order valence-corrected chi connectivity index (χ3v) is 1.71. The first-order valence-corrected chi connectivity index (χ1v) is 5.16. The van der Waals surface area contributed by atoms with Crippen molar-refractivity contribution in [3.63, 3.8) is 0 Å². The summed E-state index contributed by atoms with van der Waals surface area (Å²) in [5, 5.41) is 6.50. The van der Waals surface area contributed by atoms with E-state index in [4.69, 9.17) is 4.79 Å². The molecule has 0 bridgehead atoms.